The van der Waals surface area contributed by atoms with E-state index in [0.717, 1.165) is 29.9 Å². The Hall–Kier alpha value is -1.71. The first-order valence-electron chi connectivity index (χ1n) is 6.04. The molecule has 1 heterocycles. The van der Waals surface area contributed by atoms with Gasteiger partial charge in [0.05, 0.1) is 11.4 Å². The SMILES string of the molecule is CCC1C(=O)NCCN1c1c(C)cccc1N. The summed E-state index contributed by atoms with van der Waals surface area (Å²) >= 11 is 0. The average Bonchev–Trinajstić information content (AvgIpc) is 2.29. The second-order valence-corrected chi connectivity index (χ2v) is 4.42. The fourth-order valence-electron chi connectivity index (χ4n) is 2.46. The Morgan fingerprint density at radius 1 is 1.53 bits per heavy atom. The number of aryl methyl sites for hydroxylation is 1. The van der Waals surface area contributed by atoms with Crippen molar-refractivity contribution in [2.24, 2.45) is 0 Å². The van der Waals surface area contributed by atoms with Crippen LogP contribution in [0.2, 0.25) is 0 Å². The fraction of sp³-hybridized carbons (Fsp3) is 0.462. The normalized spacial score (nSPS) is 20.2. The first kappa shape index (κ1) is 11.8. The van der Waals surface area contributed by atoms with E-state index in [2.05, 4.69) is 10.2 Å². The molecule has 2 rings (SSSR count). The van der Waals surface area contributed by atoms with Crippen molar-refractivity contribution >= 4 is 17.3 Å². The highest BCUT2D eigenvalue weighted by atomic mass is 16.2. The maximum Gasteiger partial charge on any atom is 0.242 e. The number of carbonyl (C=O) groups is 1. The lowest BCUT2D eigenvalue weighted by molar-refractivity contribution is -0.123. The Morgan fingerprint density at radius 2 is 2.29 bits per heavy atom. The van der Waals surface area contributed by atoms with E-state index in [-0.39, 0.29) is 11.9 Å². The number of carbonyl (C=O) groups excluding carboxylic acids is 1. The summed E-state index contributed by atoms with van der Waals surface area (Å²) in [5.41, 5.74) is 8.92. The number of hydrogen-bond donors (Lipinski definition) is 2. The van der Waals surface area contributed by atoms with Crippen molar-refractivity contribution in [2.75, 3.05) is 23.7 Å². The van der Waals surface area contributed by atoms with Gasteiger partial charge in [0.1, 0.15) is 6.04 Å². The molecule has 1 atom stereocenters. The van der Waals surface area contributed by atoms with E-state index in [4.69, 9.17) is 5.73 Å². The Kier molecular flexibility index (Phi) is 3.22. The minimum atomic E-state index is -0.104. The van der Waals surface area contributed by atoms with Gasteiger partial charge in [-0.2, -0.15) is 0 Å². The predicted octanol–water partition coefficient (Wildman–Crippen LogP) is 1.29. The molecule has 1 amide bonds. The van der Waals surface area contributed by atoms with Crippen molar-refractivity contribution in [3.63, 3.8) is 0 Å². The minimum Gasteiger partial charge on any atom is -0.397 e. The molecule has 0 bridgehead atoms. The number of piperazine rings is 1. The lowest BCUT2D eigenvalue weighted by Crippen LogP contribution is -2.55. The van der Waals surface area contributed by atoms with E-state index in [1.807, 2.05) is 32.0 Å². The molecule has 0 aliphatic carbocycles. The smallest absolute Gasteiger partial charge is 0.242 e. The number of hydrogen-bond acceptors (Lipinski definition) is 3. The number of rotatable bonds is 2. The van der Waals surface area contributed by atoms with Gasteiger partial charge in [-0.3, -0.25) is 4.79 Å². The first-order valence-corrected chi connectivity index (χ1v) is 6.04. The third-order valence-corrected chi connectivity index (χ3v) is 3.27. The minimum absolute atomic E-state index is 0.0985. The van der Waals surface area contributed by atoms with Crippen LogP contribution in [-0.4, -0.2) is 25.0 Å². The summed E-state index contributed by atoms with van der Waals surface area (Å²) in [6, 6.07) is 5.76. The number of nitrogens with two attached hydrogens (primary N) is 1. The molecule has 1 aromatic rings. The van der Waals surface area contributed by atoms with Crippen LogP contribution in [0.1, 0.15) is 18.9 Å². The van der Waals surface area contributed by atoms with Crippen LogP contribution in [0.5, 0.6) is 0 Å². The lowest BCUT2D eigenvalue weighted by atomic mass is 10.0. The molecule has 0 radical (unpaired) electrons. The molecule has 0 aromatic heterocycles. The molecule has 4 heteroatoms. The van der Waals surface area contributed by atoms with Crippen LogP contribution < -0.4 is 16.0 Å². The van der Waals surface area contributed by atoms with E-state index < -0.39 is 0 Å². The number of nitrogens with zero attached hydrogens (tertiary/aromatic N) is 1. The Bertz CT molecular complexity index is 410. The molecule has 4 nitrogen and oxygen atoms in total. The van der Waals surface area contributed by atoms with Crippen molar-refractivity contribution < 1.29 is 4.79 Å². The highest BCUT2D eigenvalue weighted by Gasteiger charge is 2.29. The lowest BCUT2D eigenvalue weighted by Gasteiger charge is -2.37. The molecule has 1 unspecified atom stereocenters. The van der Waals surface area contributed by atoms with Gasteiger partial charge in [0.2, 0.25) is 5.91 Å². The van der Waals surface area contributed by atoms with Crippen LogP contribution >= 0.6 is 0 Å². The first-order chi connectivity index (χ1) is 8.15. The van der Waals surface area contributed by atoms with Crippen LogP contribution in [0, 0.1) is 6.92 Å². The zero-order chi connectivity index (χ0) is 12.4. The summed E-state index contributed by atoms with van der Waals surface area (Å²) in [7, 11) is 0. The van der Waals surface area contributed by atoms with E-state index in [0.29, 0.717) is 6.54 Å². The van der Waals surface area contributed by atoms with E-state index in [9.17, 15) is 4.79 Å². The van der Waals surface area contributed by atoms with Gasteiger partial charge in [-0.05, 0) is 25.0 Å². The van der Waals surface area contributed by atoms with Crippen molar-refractivity contribution in [3.8, 4) is 0 Å². The molecule has 0 spiro atoms. The summed E-state index contributed by atoms with van der Waals surface area (Å²) in [6.45, 7) is 5.56. The van der Waals surface area contributed by atoms with Crippen molar-refractivity contribution in [1.82, 2.24) is 5.32 Å². The maximum atomic E-state index is 11.8. The van der Waals surface area contributed by atoms with Crippen molar-refractivity contribution in [2.45, 2.75) is 26.3 Å². The summed E-state index contributed by atoms with van der Waals surface area (Å²) in [4.78, 5) is 14.0. The van der Waals surface area contributed by atoms with Crippen LogP contribution in [-0.2, 0) is 4.79 Å². The molecule has 1 saturated heterocycles. The van der Waals surface area contributed by atoms with Gasteiger partial charge < -0.3 is 16.0 Å². The van der Waals surface area contributed by atoms with Crippen LogP contribution in [0.25, 0.3) is 0 Å². The highest BCUT2D eigenvalue weighted by Crippen LogP contribution is 2.30. The molecule has 1 aromatic carbocycles. The average molecular weight is 233 g/mol. The van der Waals surface area contributed by atoms with Gasteiger partial charge in [-0.15, -0.1) is 0 Å². The van der Waals surface area contributed by atoms with Gasteiger partial charge >= 0.3 is 0 Å². The van der Waals surface area contributed by atoms with Gasteiger partial charge in [-0.1, -0.05) is 19.1 Å². The zero-order valence-electron chi connectivity index (χ0n) is 10.4. The van der Waals surface area contributed by atoms with Crippen LogP contribution in [0.3, 0.4) is 0 Å². The monoisotopic (exact) mass is 233 g/mol. The largest absolute Gasteiger partial charge is 0.397 e. The van der Waals surface area contributed by atoms with Gasteiger partial charge in [0, 0.05) is 13.1 Å². The molecule has 17 heavy (non-hydrogen) atoms. The van der Waals surface area contributed by atoms with E-state index in [1.165, 1.54) is 0 Å². The highest BCUT2D eigenvalue weighted by molar-refractivity contribution is 5.88. The molecule has 1 fully saturated rings. The second kappa shape index (κ2) is 4.65. The van der Waals surface area contributed by atoms with Gasteiger partial charge in [-0.25, -0.2) is 0 Å². The Balaban J connectivity index is 2.40. The quantitative estimate of drug-likeness (QED) is 0.757. The number of nitrogens with one attached hydrogen (secondary N) is 1. The molecular formula is C13H19N3O. The van der Waals surface area contributed by atoms with Gasteiger partial charge in [0.25, 0.3) is 0 Å². The number of amides is 1. The number of nitrogen functional groups attached to an aromatic ring is 1. The number of para-hydroxylation sites is 1. The van der Waals surface area contributed by atoms with E-state index >= 15 is 0 Å². The topological polar surface area (TPSA) is 58.4 Å². The van der Waals surface area contributed by atoms with Crippen molar-refractivity contribution in [1.29, 1.82) is 0 Å². The van der Waals surface area contributed by atoms with Crippen LogP contribution in [0.4, 0.5) is 11.4 Å². The number of benzene rings is 1. The summed E-state index contributed by atoms with van der Waals surface area (Å²) in [5.74, 6) is 0.0985. The molecule has 1 aliphatic rings. The standard InChI is InChI=1S/C13H19N3O/c1-3-11-13(17)15-7-8-16(11)12-9(2)5-4-6-10(12)14/h4-6,11H,3,7-8,14H2,1-2H3,(H,15,17). The molecule has 0 saturated carbocycles. The maximum absolute atomic E-state index is 11.8. The summed E-state index contributed by atoms with van der Waals surface area (Å²) in [6.07, 6.45) is 0.791. The molecular weight excluding hydrogens is 214 g/mol. The van der Waals surface area contributed by atoms with E-state index in [1.54, 1.807) is 0 Å². The second-order valence-electron chi connectivity index (χ2n) is 4.42. The fourth-order valence-corrected chi connectivity index (χ4v) is 2.46. The zero-order valence-corrected chi connectivity index (χ0v) is 10.4. The summed E-state index contributed by atoms with van der Waals surface area (Å²) < 4.78 is 0. The third kappa shape index (κ3) is 2.07. The molecule has 3 N–H and O–H groups in total. The third-order valence-electron chi connectivity index (χ3n) is 3.27. The Labute approximate surface area is 102 Å². The Morgan fingerprint density at radius 3 is 2.94 bits per heavy atom. The predicted molar refractivity (Wildman–Crippen MR) is 70.0 cm³/mol. The summed E-state index contributed by atoms with van der Waals surface area (Å²) in [5, 5.41) is 2.90. The van der Waals surface area contributed by atoms with Crippen molar-refractivity contribution in [3.05, 3.63) is 23.8 Å². The van der Waals surface area contributed by atoms with Gasteiger partial charge in [0.15, 0.2) is 0 Å². The van der Waals surface area contributed by atoms with Crippen LogP contribution in [0.15, 0.2) is 18.2 Å². The number of anilines is 2. The molecule has 92 valence electrons. The molecule has 1 aliphatic heterocycles.